The number of carbonyl (C=O) groups excluding carboxylic acids is 1. The number of carbonyl (C=O) groups is 1. The van der Waals surface area contributed by atoms with Crippen LogP contribution in [0.4, 0.5) is 0 Å². The topological polar surface area (TPSA) is 69.8 Å². The van der Waals surface area contributed by atoms with E-state index in [1.807, 2.05) is 0 Å². The fraction of sp³-hybridized carbons (Fsp3) is 0.938. The summed E-state index contributed by atoms with van der Waals surface area (Å²) >= 11 is 0. The number of unbranched alkanes of at least 4 members (excludes halogenated alkanes) is 1. The Bertz CT molecular complexity index is 320. The summed E-state index contributed by atoms with van der Waals surface area (Å²) in [4.78, 5) is 16.1. The van der Waals surface area contributed by atoms with Crippen molar-refractivity contribution in [3.63, 3.8) is 0 Å². The Morgan fingerprint density at radius 1 is 1.24 bits per heavy atom. The Kier molecular flexibility index (Phi) is 7.10. The van der Waals surface area contributed by atoms with Crippen molar-refractivity contribution in [1.29, 1.82) is 0 Å². The lowest BCUT2D eigenvalue weighted by molar-refractivity contribution is -0.124. The quantitative estimate of drug-likeness (QED) is 0.737. The smallest absolute Gasteiger partial charge is 0.234 e. The molecule has 0 spiro atoms. The van der Waals surface area contributed by atoms with Crippen LogP contribution in [0, 0.1) is 5.41 Å². The first kappa shape index (κ1) is 18.4. The molecule has 1 heterocycles. The third-order valence-electron chi connectivity index (χ3n) is 4.44. The van der Waals surface area contributed by atoms with Crippen LogP contribution >= 0.6 is 0 Å². The molecule has 1 saturated heterocycles. The van der Waals surface area contributed by atoms with Gasteiger partial charge in [0.25, 0.3) is 0 Å². The van der Waals surface area contributed by atoms with E-state index in [-0.39, 0.29) is 23.5 Å². The number of piperazine rings is 1. The van der Waals surface area contributed by atoms with E-state index in [1.54, 1.807) is 0 Å². The lowest BCUT2D eigenvalue weighted by Crippen LogP contribution is -2.55. The van der Waals surface area contributed by atoms with Gasteiger partial charge in [0, 0.05) is 32.7 Å². The van der Waals surface area contributed by atoms with Gasteiger partial charge in [0.15, 0.2) is 0 Å². The van der Waals surface area contributed by atoms with E-state index in [0.717, 1.165) is 45.4 Å². The molecule has 1 aliphatic heterocycles. The van der Waals surface area contributed by atoms with Gasteiger partial charge in [0.05, 0.1) is 12.1 Å². The molecule has 0 aliphatic carbocycles. The second kappa shape index (κ2) is 8.11. The molecule has 21 heavy (non-hydrogen) atoms. The summed E-state index contributed by atoms with van der Waals surface area (Å²) in [5.74, 6) is -0.202. The second-order valence-corrected chi connectivity index (χ2v) is 7.28. The van der Waals surface area contributed by atoms with Crippen LogP contribution in [0.25, 0.3) is 0 Å². The SMILES string of the molecule is CCCC[C@@H](C(N)=O)N1CCN(C[C@@H](O)C(C)(C)C)CC1. The molecule has 1 fully saturated rings. The highest BCUT2D eigenvalue weighted by atomic mass is 16.3. The minimum absolute atomic E-state index is 0.0893. The highest BCUT2D eigenvalue weighted by molar-refractivity contribution is 5.79. The van der Waals surface area contributed by atoms with Crippen molar-refractivity contribution in [3.8, 4) is 0 Å². The lowest BCUT2D eigenvalue weighted by atomic mass is 9.89. The number of β-amino-alcohol motifs (C(OH)–C–C–N with tert-alkyl or cyclic N) is 1. The van der Waals surface area contributed by atoms with Gasteiger partial charge in [-0.15, -0.1) is 0 Å². The standard InChI is InChI=1S/C16H33N3O2/c1-5-6-7-13(15(17)21)19-10-8-18(9-11-19)12-14(20)16(2,3)4/h13-14,20H,5-12H2,1-4H3,(H2,17,21)/t13-,14+/m0/s1. The minimum Gasteiger partial charge on any atom is -0.391 e. The number of aliphatic hydroxyl groups excluding tert-OH is 1. The maximum absolute atomic E-state index is 11.6. The fourth-order valence-electron chi connectivity index (χ4n) is 2.68. The summed E-state index contributed by atoms with van der Waals surface area (Å²) < 4.78 is 0. The van der Waals surface area contributed by atoms with Crippen LogP contribution in [0.15, 0.2) is 0 Å². The van der Waals surface area contributed by atoms with Gasteiger partial charge in [-0.2, -0.15) is 0 Å². The number of hydrogen-bond acceptors (Lipinski definition) is 4. The van der Waals surface area contributed by atoms with Crippen LogP contribution in [0.1, 0.15) is 47.0 Å². The van der Waals surface area contributed by atoms with Crippen LogP contribution < -0.4 is 5.73 Å². The summed E-state index contributed by atoms with van der Waals surface area (Å²) in [7, 11) is 0. The van der Waals surface area contributed by atoms with E-state index in [2.05, 4.69) is 37.5 Å². The van der Waals surface area contributed by atoms with Crippen LogP contribution in [-0.4, -0.2) is 65.7 Å². The molecule has 0 aromatic rings. The normalized spacial score (nSPS) is 21.2. The summed E-state index contributed by atoms with van der Waals surface area (Å²) in [6, 6.07) is -0.125. The summed E-state index contributed by atoms with van der Waals surface area (Å²) in [5, 5.41) is 10.2. The number of hydrogen-bond donors (Lipinski definition) is 2. The van der Waals surface area contributed by atoms with Gasteiger partial charge in [0.2, 0.25) is 5.91 Å². The van der Waals surface area contributed by atoms with Crippen molar-refractivity contribution in [2.75, 3.05) is 32.7 Å². The van der Waals surface area contributed by atoms with E-state index in [4.69, 9.17) is 5.73 Å². The van der Waals surface area contributed by atoms with E-state index in [9.17, 15) is 9.90 Å². The van der Waals surface area contributed by atoms with Crippen LogP contribution in [0.3, 0.4) is 0 Å². The first-order chi connectivity index (χ1) is 9.75. The third-order valence-corrected chi connectivity index (χ3v) is 4.44. The van der Waals surface area contributed by atoms with Crippen molar-refractivity contribution in [3.05, 3.63) is 0 Å². The first-order valence-electron chi connectivity index (χ1n) is 8.19. The van der Waals surface area contributed by atoms with E-state index in [0.29, 0.717) is 6.54 Å². The molecule has 0 bridgehead atoms. The Morgan fingerprint density at radius 2 is 1.81 bits per heavy atom. The molecular formula is C16H33N3O2. The molecule has 3 N–H and O–H groups in total. The molecule has 0 radical (unpaired) electrons. The largest absolute Gasteiger partial charge is 0.391 e. The van der Waals surface area contributed by atoms with Crippen molar-refractivity contribution in [2.45, 2.75) is 59.1 Å². The number of aliphatic hydroxyl groups is 1. The average Bonchev–Trinajstić information content (AvgIpc) is 2.39. The Morgan fingerprint density at radius 3 is 2.24 bits per heavy atom. The van der Waals surface area contributed by atoms with Crippen molar-refractivity contribution in [1.82, 2.24) is 9.80 Å². The molecule has 2 atom stereocenters. The zero-order chi connectivity index (χ0) is 16.0. The molecule has 1 amide bonds. The molecule has 0 aromatic carbocycles. The molecular weight excluding hydrogens is 266 g/mol. The van der Waals surface area contributed by atoms with E-state index in [1.165, 1.54) is 0 Å². The van der Waals surface area contributed by atoms with Gasteiger partial charge < -0.3 is 10.8 Å². The van der Waals surface area contributed by atoms with Crippen molar-refractivity contribution in [2.24, 2.45) is 11.1 Å². The Hall–Kier alpha value is -0.650. The van der Waals surface area contributed by atoms with Gasteiger partial charge in [-0.3, -0.25) is 14.6 Å². The highest BCUT2D eigenvalue weighted by Gasteiger charge is 2.29. The molecule has 0 unspecified atom stereocenters. The number of primary amides is 1. The van der Waals surface area contributed by atoms with E-state index < -0.39 is 0 Å². The maximum Gasteiger partial charge on any atom is 0.234 e. The van der Waals surface area contributed by atoms with Crippen molar-refractivity contribution >= 4 is 5.91 Å². The van der Waals surface area contributed by atoms with Gasteiger partial charge in [-0.05, 0) is 11.8 Å². The first-order valence-corrected chi connectivity index (χ1v) is 8.19. The summed E-state index contributed by atoms with van der Waals surface area (Å²) in [5.41, 5.74) is 5.46. The van der Waals surface area contributed by atoms with Gasteiger partial charge in [-0.25, -0.2) is 0 Å². The number of amides is 1. The van der Waals surface area contributed by atoms with Crippen LogP contribution in [-0.2, 0) is 4.79 Å². The maximum atomic E-state index is 11.6. The minimum atomic E-state index is -0.323. The van der Waals surface area contributed by atoms with Crippen LogP contribution in [0.2, 0.25) is 0 Å². The molecule has 1 rings (SSSR count). The van der Waals surface area contributed by atoms with Gasteiger partial charge >= 0.3 is 0 Å². The van der Waals surface area contributed by atoms with Gasteiger partial charge in [-0.1, -0.05) is 40.5 Å². The zero-order valence-corrected chi connectivity index (χ0v) is 14.1. The molecule has 0 saturated carbocycles. The Balaban J connectivity index is 2.45. The summed E-state index contributed by atoms with van der Waals surface area (Å²) in [6.07, 6.45) is 2.66. The number of nitrogens with zero attached hydrogens (tertiary/aromatic N) is 2. The molecule has 5 heteroatoms. The van der Waals surface area contributed by atoms with Crippen molar-refractivity contribution < 1.29 is 9.90 Å². The zero-order valence-electron chi connectivity index (χ0n) is 14.1. The third kappa shape index (κ3) is 5.93. The van der Waals surface area contributed by atoms with E-state index >= 15 is 0 Å². The molecule has 1 aliphatic rings. The highest BCUT2D eigenvalue weighted by Crippen LogP contribution is 2.21. The molecule has 0 aromatic heterocycles. The monoisotopic (exact) mass is 299 g/mol. The molecule has 5 nitrogen and oxygen atoms in total. The fourth-order valence-corrected chi connectivity index (χ4v) is 2.68. The van der Waals surface area contributed by atoms with Crippen LogP contribution in [0.5, 0.6) is 0 Å². The average molecular weight is 299 g/mol. The molecule has 124 valence electrons. The second-order valence-electron chi connectivity index (χ2n) is 7.28. The predicted molar refractivity (Wildman–Crippen MR) is 86.0 cm³/mol. The lowest BCUT2D eigenvalue weighted by Gasteiger charge is -2.40. The number of rotatable bonds is 7. The van der Waals surface area contributed by atoms with Gasteiger partial charge in [0.1, 0.15) is 0 Å². The Labute approximate surface area is 129 Å². The number of nitrogens with two attached hydrogens (primary N) is 1. The summed E-state index contributed by atoms with van der Waals surface area (Å²) in [6.45, 7) is 12.5. The predicted octanol–water partition coefficient (Wildman–Crippen LogP) is 1.06.